The zero-order chi connectivity index (χ0) is 23.5. The summed E-state index contributed by atoms with van der Waals surface area (Å²) in [5.41, 5.74) is 1.15. The number of sulfonamides is 1. The van der Waals surface area contributed by atoms with Gasteiger partial charge in [0.1, 0.15) is 5.82 Å². The van der Waals surface area contributed by atoms with Gasteiger partial charge in [-0.25, -0.2) is 17.9 Å². The maximum atomic E-state index is 14.3. The molecule has 1 aromatic carbocycles. The molecular weight excluding hydrogens is 421 g/mol. The molecule has 0 bridgehead atoms. The van der Waals surface area contributed by atoms with Crippen LogP contribution in [0.25, 0.3) is 0 Å². The van der Waals surface area contributed by atoms with Gasteiger partial charge in [0.15, 0.2) is 0 Å². The number of hydrogen-bond acceptors (Lipinski definition) is 5. The molecule has 0 aromatic heterocycles. The second-order valence-corrected chi connectivity index (χ2v) is 10.3. The van der Waals surface area contributed by atoms with Crippen molar-refractivity contribution in [3.63, 3.8) is 0 Å². The van der Waals surface area contributed by atoms with E-state index in [0.717, 1.165) is 0 Å². The highest BCUT2D eigenvalue weighted by Crippen LogP contribution is 2.30. The first-order valence-electron chi connectivity index (χ1n) is 10.5. The number of carbonyl (C=O) groups is 1. The molecule has 7 nitrogen and oxygen atoms in total. The van der Waals surface area contributed by atoms with Gasteiger partial charge in [-0.2, -0.15) is 0 Å². The third-order valence-electron chi connectivity index (χ3n) is 6.20. The molecule has 1 aromatic rings. The lowest BCUT2D eigenvalue weighted by Crippen LogP contribution is -2.57. The fourth-order valence-corrected chi connectivity index (χ4v) is 4.46. The number of rotatable bonds is 8. The quantitative estimate of drug-likeness (QED) is 0.608. The molecular formula is C22H34FN3O4S. The normalized spacial score (nSPS) is 21.9. The summed E-state index contributed by atoms with van der Waals surface area (Å²) in [5, 5.41) is 4.39. The Morgan fingerprint density at radius 1 is 1.32 bits per heavy atom. The summed E-state index contributed by atoms with van der Waals surface area (Å²) in [7, 11) is -3.79. The molecule has 1 amide bonds. The summed E-state index contributed by atoms with van der Waals surface area (Å²) in [5.74, 6) is -0.455. The van der Waals surface area contributed by atoms with Gasteiger partial charge in [-0.15, -0.1) is 0 Å². The van der Waals surface area contributed by atoms with Gasteiger partial charge >= 0.3 is 0 Å². The van der Waals surface area contributed by atoms with Crippen LogP contribution in [0.4, 0.5) is 4.39 Å². The number of piperazine rings is 1. The molecule has 0 saturated carbocycles. The Hall–Kier alpha value is -1.81. The smallest absolute Gasteiger partial charge is 0.246 e. The van der Waals surface area contributed by atoms with Crippen LogP contribution in [-0.2, 0) is 19.6 Å². The third kappa shape index (κ3) is 6.12. The van der Waals surface area contributed by atoms with E-state index in [1.165, 1.54) is 19.1 Å². The zero-order valence-corrected chi connectivity index (χ0v) is 19.7. The highest BCUT2D eigenvalue weighted by atomic mass is 32.2. The number of amides is 1. The van der Waals surface area contributed by atoms with Crippen molar-refractivity contribution in [2.24, 2.45) is 5.14 Å². The second-order valence-electron chi connectivity index (χ2n) is 8.38. The van der Waals surface area contributed by atoms with Crippen molar-refractivity contribution < 1.29 is 22.3 Å². The third-order valence-corrected chi connectivity index (χ3v) is 7.62. The molecule has 1 aliphatic heterocycles. The zero-order valence-electron chi connectivity index (χ0n) is 18.9. The fraction of sp³-hybridized carbons (Fsp3) is 0.591. The number of nitrogens with two attached hydrogens (primary N) is 1. The van der Waals surface area contributed by atoms with Crippen molar-refractivity contribution in [1.82, 2.24) is 9.80 Å². The van der Waals surface area contributed by atoms with Crippen molar-refractivity contribution in [3.8, 4) is 0 Å². The topological polar surface area (TPSA) is 92.9 Å². The van der Waals surface area contributed by atoms with Gasteiger partial charge in [-0.05, 0) is 57.9 Å². The van der Waals surface area contributed by atoms with E-state index in [1.54, 1.807) is 30.9 Å². The molecule has 174 valence electrons. The van der Waals surface area contributed by atoms with Gasteiger partial charge in [-0.3, -0.25) is 9.69 Å². The van der Waals surface area contributed by atoms with Crippen LogP contribution in [-0.4, -0.2) is 67.2 Å². The molecule has 1 heterocycles. The number of hydrogen-bond donors (Lipinski definition) is 1. The largest absolute Gasteiger partial charge is 0.368 e. The van der Waals surface area contributed by atoms with Gasteiger partial charge < -0.3 is 9.64 Å². The Bertz CT molecular complexity index is 908. The van der Waals surface area contributed by atoms with Crippen molar-refractivity contribution >= 4 is 15.9 Å². The van der Waals surface area contributed by atoms with Crippen LogP contribution in [0, 0.1) is 12.7 Å². The van der Waals surface area contributed by atoms with E-state index < -0.39 is 27.5 Å². The Kier molecular flexibility index (Phi) is 8.38. The van der Waals surface area contributed by atoms with E-state index in [4.69, 9.17) is 9.88 Å². The summed E-state index contributed by atoms with van der Waals surface area (Å²) in [6, 6.07) is 4.70. The molecule has 0 aliphatic carbocycles. The highest BCUT2D eigenvalue weighted by molar-refractivity contribution is 7.89. The van der Waals surface area contributed by atoms with Crippen LogP contribution in [0.2, 0.25) is 0 Å². The summed E-state index contributed by atoms with van der Waals surface area (Å²) < 4.78 is 44.2. The minimum Gasteiger partial charge on any atom is -0.368 e. The minimum absolute atomic E-state index is 0.0297. The maximum absolute atomic E-state index is 14.3. The first-order valence-corrected chi connectivity index (χ1v) is 12.1. The van der Waals surface area contributed by atoms with Crippen molar-refractivity contribution in [2.45, 2.75) is 64.2 Å². The Morgan fingerprint density at radius 2 is 1.97 bits per heavy atom. The van der Waals surface area contributed by atoms with Crippen LogP contribution in [0.3, 0.4) is 0 Å². The van der Waals surface area contributed by atoms with Gasteiger partial charge in [0.2, 0.25) is 15.9 Å². The van der Waals surface area contributed by atoms with Gasteiger partial charge in [-0.1, -0.05) is 18.7 Å². The summed E-state index contributed by atoms with van der Waals surface area (Å²) in [6.45, 7) is 14.1. The lowest BCUT2D eigenvalue weighted by molar-refractivity contribution is -0.132. The van der Waals surface area contributed by atoms with Crippen molar-refractivity contribution in [1.29, 1.82) is 0 Å². The summed E-state index contributed by atoms with van der Waals surface area (Å²) in [6.07, 6.45) is 0.0310. The monoisotopic (exact) mass is 455 g/mol. The second kappa shape index (κ2) is 10.2. The van der Waals surface area contributed by atoms with Crippen LogP contribution in [0.5, 0.6) is 0 Å². The average molecular weight is 456 g/mol. The highest BCUT2D eigenvalue weighted by Gasteiger charge is 2.35. The summed E-state index contributed by atoms with van der Waals surface area (Å²) in [4.78, 5) is 16.0. The lowest BCUT2D eigenvalue weighted by Gasteiger charge is -2.44. The molecule has 5 atom stereocenters. The number of benzene rings is 1. The van der Waals surface area contributed by atoms with E-state index in [-0.39, 0.29) is 23.8 Å². The van der Waals surface area contributed by atoms with E-state index >= 15 is 0 Å². The number of aryl methyl sites for hydroxylation is 1. The minimum atomic E-state index is -3.79. The van der Waals surface area contributed by atoms with Crippen LogP contribution in [0.1, 0.15) is 44.9 Å². The predicted molar refractivity (Wildman–Crippen MR) is 119 cm³/mol. The lowest BCUT2D eigenvalue weighted by atomic mass is 9.98. The molecule has 2 N–H and O–H groups in total. The Labute approximate surface area is 185 Å². The number of primary sulfonamides is 1. The van der Waals surface area contributed by atoms with Gasteiger partial charge in [0.25, 0.3) is 0 Å². The number of carbonyl (C=O) groups excluding carboxylic acids is 1. The van der Waals surface area contributed by atoms with Crippen LogP contribution in [0.15, 0.2) is 30.9 Å². The van der Waals surface area contributed by atoms with Gasteiger partial charge in [0, 0.05) is 31.7 Å². The van der Waals surface area contributed by atoms with Crippen molar-refractivity contribution in [2.75, 3.05) is 19.6 Å². The fourth-order valence-electron chi connectivity index (χ4n) is 3.86. The van der Waals surface area contributed by atoms with E-state index in [9.17, 15) is 17.6 Å². The van der Waals surface area contributed by atoms with E-state index in [0.29, 0.717) is 30.8 Å². The Balaban J connectivity index is 2.30. The number of halogens is 1. The molecule has 2 unspecified atom stereocenters. The number of ether oxygens (including phenoxy) is 1. The van der Waals surface area contributed by atoms with E-state index in [2.05, 4.69) is 11.5 Å². The van der Waals surface area contributed by atoms with Crippen molar-refractivity contribution in [3.05, 3.63) is 47.8 Å². The van der Waals surface area contributed by atoms with Gasteiger partial charge in [0.05, 0.1) is 17.5 Å². The van der Waals surface area contributed by atoms with Crippen LogP contribution < -0.4 is 5.14 Å². The average Bonchev–Trinajstić information content (AvgIpc) is 2.71. The first-order chi connectivity index (χ1) is 14.4. The maximum Gasteiger partial charge on any atom is 0.246 e. The molecule has 0 spiro atoms. The molecule has 1 saturated heterocycles. The predicted octanol–water partition coefficient (Wildman–Crippen LogP) is 2.36. The first kappa shape index (κ1) is 25.5. The molecule has 2 rings (SSSR count). The molecule has 1 aliphatic rings. The molecule has 0 radical (unpaired) electrons. The SMILES string of the molecule is C=CC(=O)N1CCN(C(C)[C@H](O[C@H](C)C(C)S(N)(=O)=O)c2ccc(C)c(F)c2)C[C@H]1C. The molecule has 31 heavy (non-hydrogen) atoms. The Morgan fingerprint density at radius 3 is 2.48 bits per heavy atom. The number of nitrogens with zero attached hydrogens (tertiary/aromatic N) is 2. The standard InChI is InChI=1S/C22H34FN3O4S/c1-7-21(27)26-11-10-25(13-15(26)3)16(4)22(19-9-8-14(2)20(23)12-19)30-17(5)18(6)31(24,28)29/h7-9,12,15-18,22H,1,10-11,13H2,2-6H3,(H2,24,28,29)/t15-,16?,17-,18?,22+/m1/s1. The van der Waals surface area contributed by atoms with E-state index in [1.807, 2.05) is 13.8 Å². The summed E-state index contributed by atoms with van der Waals surface area (Å²) >= 11 is 0. The molecule has 1 fully saturated rings. The molecule has 9 heteroatoms. The van der Waals surface area contributed by atoms with Crippen LogP contribution >= 0.6 is 0 Å².